The molecule has 1 aromatic carbocycles. The first-order chi connectivity index (χ1) is 10.8. The quantitative estimate of drug-likeness (QED) is 0.906. The molecule has 3 heterocycles. The molecule has 2 fully saturated rings. The fraction of sp³-hybridized carbons (Fsp3) is 0.400. The third-order valence-electron chi connectivity index (χ3n) is 4.27. The molecule has 3 aliphatic rings. The number of nitrogens with one attached hydrogen (secondary N) is 1. The normalized spacial score (nSPS) is 27.2. The Hall–Kier alpha value is -2.25. The number of benzene rings is 1. The van der Waals surface area contributed by atoms with Gasteiger partial charge in [-0.2, -0.15) is 5.06 Å². The molecule has 116 valence electrons. The molecule has 1 aromatic rings. The lowest BCUT2D eigenvalue weighted by molar-refractivity contribution is -0.205. The van der Waals surface area contributed by atoms with Gasteiger partial charge < -0.3 is 9.74 Å². The number of hydroxylamine groups is 3. The average Bonchev–Trinajstić information content (AvgIpc) is 3.17. The number of urea groups is 1. The molecule has 2 atom stereocenters. The molecule has 3 aliphatic heterocycles. The minimum atomic E-state index is -0.0596. The summed E-state index contributed by atoms with van der Waals surface area (Å²) in [6.07, 6.45) is 4.17. The number of carbonyl (C=O) groups is 1. The van der Waals surface area contributed by atoms with Crippen LogP contribution in [-0.4, -0.2) is 46.3 Å². The van der Waals surface area contributed by atoms with E-state index in [0.717, 1.165) is 12.0 Å². The Morgan fingerprint density at radius 1 is 1.27 bits per heavy atom. The average molecular weight is 302 g/mol. The van der Waals surface area contributed by atoms with Crippen molar-refractivity contribution in [2.75, 3.05) is 13.1 Å². The molecule has 7 nitrogen and oxygen atoms in total. The van der Waals surface area contributed by atoms with Crippen LogP contribution in [0, 0.1) is 0 Å². The van der Waals surface area contributed by atoms with Gasteiger partial charge in [0, 0.05) is 13.1 Å². The number of fused-ring (bicyclic) bond motifs is 2. The fourth-order valence-corrected chi connectivity index (χ4v) is 3.15. The Morgan fingerprint density at radius 3 is 2.91 bits per heavy atom. The van der Waals surface area contributed by atoms with Crippen LogP contribution in [0.15, 0.2) is 42.8 Å². The second-order valence-electron chi connectivity index (χ2n) is 5.60. The Balaban J connectivity index is 1.47. The van der Waals surface area contributed by atoms with Gasteiger partial charge in [-0.15, -0.1) is 0 Å². The molecule has 0 aliphatic carbocycles. The second-order valence-corrected chi connectivity index (χ2v) is 5.60. The van der Waals surface area contributed by atoms with Crippen LogP contribution in [0.25, 0.3) is 0 Å². The minimum absolute atomic E-state index is 0.0441. The van der Waals surface area contributed by atoms with E-state index in [2.05, 4.69) is 5.43 Å². The van der Waals surface area contributed by atoms with Gasteiger partial charge in [0.1, 0.15) is 12.9 Å². The molecule has 0 aromatic heterocycles. The van der Waals surface area contributed by atoms with E-state index in [4.69, 9.17) is 9.68 Å². The van der Waals surface area contributed by atoms with Gasteiger partial charge in [-0.1, -0.05) is 35.5 Å². The molecule has 2 amide bonds. The number of hydrogen-bond acceptors (Lipinski definition) is 5. The van der Waals surface area contributed by atoms with Crippen molar-refractivity contribution in [3.63, 3.8) is 0 Å². The highest BCUT2D eigenvalue weighted by Crippen LogP contribution is 2.30. The van der Waals surface area contributed by atoms with Gasteiger partial charge in [-0.3, -0.25) is 10.3 Å². The summed E-state index contributed by atoms with van der Waals surface area (Å²) in [5, 5.41) is 3.20. The van der Waals surface area contributed by atoms with Crippen molar-refractivity contribution in [2.45, 2.75) is 25.1 Å². The summed E-state index contributed by atoms with van der Waals surface area (Å²) in [6, 6.07) is 9.81. The van der Waals surface area contributed by atoms with Crippen molar-refractivity contribution in [2.24, 2.45) is 0 Å². The highest BCUT2D eigenvalue weighted by Gasteiger charge is 2.49. The van der Waals surface area contributed by atoms with Gasteiger partial charge in [-0.05, 0) is 12.0 Å². The van der Waals surface area contributed by atoms with Crippen molar-refractivity contribution in [3.8, 4) is 0 Å². The van der Waals surface area contributed by atoms with E-state index in [1.165, 1.54) is 5.06 Å². The van der Waals surface area contributed by atoms with E-state index < -0.39 is 0 Å². The number of carbonyl (C=O) groups excluding carboxylic acids is 1. The summed E-state index contributed by atoms with van der Waals surface area (Å²) in [5.74, 6) is 0. The van der Waals surface area contributed by atoms with Crippen molar-refractivity contribution in [1.82, 2.24) is 20.6 Å². The van der Waals surface area contributed by atoms with Gasteiger partial charge in [0.15, 0.2) is 0 Å². The zero-order valence-corrected chi connectivity index (χ0v) is 12.1. The summed E-state index contributed by atoms with van der Waals surface area (Å²) in [6.45, 7) is 1.77. The molecule has 22 heavy (non-hydrogen) atoms. The zero-order valence-electron chi connectivity index (χ0n) is 12.1. The van der Waals surface area contributed by atoms with Crippen LogP contribution in [0.5, 0.6) is 0 Å². The molecule has 0 saturated carbocycles. The maximum absolute atomic E-state index is 12.4. The molecular formula is C15H18N4O3. The first-order valence-electron chi connectivity index (χ1n) is 7.45. The standard InChI is InChI=1S/C15H18N4O3/c20-15-17-8-6-13(19-16-7-9-21-19)14(10-17)18(15)22-11-12-4-2-1-3-5-12/h1-5,7,9,13-14,16H,6,8,10-11H2. The molecule has 0 radical (unpaired) electrons. The number of rotatable bonds is 4. The van der Waals surface area contributed by atoms with Crippen molar-refractivity contribution < 1.29 is 14.5 Å². The van der Waals surface area contributed by atoms with E-state index in [-0.39, 0.29) is 18.1 Å². The maximum atomic E-state index is 12.4. The first-order valence-corrected chi connectivity index (χ1v) is 7.45. The monoisotopic (exact) mass is 302 g/mol. The SMILES string of the molecule is O=C1N2CCC(N3NC=CO3)C(C2)N1OCc1ccccc1. The van der Waals surface area contributed by atoms with E-state index >= 15 is 0 Å². The van der Waals surface area contributed by atoms with Crippen LogP contribution in [0.2, 0.25) is 0 Å². The van der Waals surface area contributed by atoms with Crippen LogP contribution in [0.4, 0.5) is 4.79 Å². The molecular weight excluding hydrogens is 284 g/mol. The van der Waals surface area contributed by atoms with Gasteiger partial charge in [-0.25, -0.2) is 4.79 Å². The predicted molar refractivity (Wildman–Crippen MR) is 77.4 cm³/mol. The molecule has 2 unspecified atom stereocenters. The molecule has 0 spiro atoms. The van der Waals surface area contributed by atoms with E-state index in [1.807, 2.05) is 35.2 Å². The number of amides is 2. The third-order valence-corrected chi connectivity index (χ3v) is 4.27. The largest absolute Gasteiger partial charge is 0.392 e. The second kappa shape index (κ2) is 5.51. The number of hydrazine groups is 1. The van der Waals surface area contributed by atoms with E-state index in [0.29, 0.717) is 19.7 Å². The smallest absolute Gasteiger partial charge is 0.344 e. The van der Waals surface area contributed by atoms with Crippen LogP contribution < -0.4 is 5.43 Å². The fourth-order valence-electron chi connectivity index (χ4n) is 3.15. The van der Waals surface area contributed by atoms with Gasteiger partial charge in [0.2, 0.25) is 0 Å². The number of hydrogen-bond donors (Lipinski definition) is 1. The number of nitrogens with zero attached hydrogens (tertiary/aromatic N) is 3. The highest BCUT2D eigenvalue weighted by atomic mass is 16.7. The van der Waals surface area contributed by atoms with Crippen LogP contribution in [0.3, 0.4) is 0 Å². The van der Waals surface area contributed by atoms with Gasteiger partial charge in [0.25, 0.3) is 0 Å². The third kappa shape index (κ3) is 2.28. The summed E-state index contributed by atoms with van der Waals surface area (Å²) in [4.78, 5) is 25.5. The maximum Gasteiger partial charge on any atom is 0.344 e. The van der Waals surface area contributed by atoms with Crippen molar-refractivity contribution in [1.29, 1.82) is 0 Å². The lowest BCUT2D eigenvalue weighted by Crippen LogP contribution is -2.54. The summed E-state index contributed by atoms with van der Waals surface area (Å²) < 4.78 is 0. The lowest BCUT2D eigenvalue weighted by atomic mass is 10.0. The molecule has 2 bridgehead atoms. The van der Waals surface area contributed by atoms with E-state index in [9.17, 15) is 4.79 Å². The Morgan fingerprint density at radius 2 is 2.14 bits per heavy atom. The Labute approximate surface area is 128 Å². The molecule has 1 N–H and O–H groups in total. The zero-order chi connectivity index (χ0) is 14.9. The molecule has 7 heteroatoms. The Bertz CT molecular complexity index is 571. The predicted octanol–water partition coefficient (Wildman–Crippen LogP) is 1.22. The van der Waals surface area contributed by atoms with E-state index in [1.54, 1.807) is 17.6 Å². The topological polar surface area (TPSA) is 57.3 Å². The van der Waals surface area contributed by atoms with Crippen LogP contribution >= 0.6 is 0 Å². The van der Waals surface area contributed by atoms with Crippen molar-refractivity contribution >= 4 is 6.03 Å². The van der Waals surface area contributed by atoms with Gasteiger partial charge in [0.05, 0.1) is 18.3 Å². The Kier molecular flexibility index (Phi) is 3.36. The summed E-state index contributed by atoms with van der Waals surface area (Å²) in [5.41, 5.74) is 4.08. The minimum Gasteiger partial charge on any atom is -0.392 e. The van der Waals surface area contributed by atoms with Crippen LogP contribution in [-0.2, 0) is 16.3 Å². The molecule has 2 saturated heterocycles. The van der Waals surface area contributed by atoms with Gasteiger partial charge >= 0.3 is 6.03 Å². The highest BCUT2D eigenvalue weighted by molar-refractivity contribution is 5.76. The van der Waals surface area contributed by atoms with Crippen molar-refractivity contribution in [3.05, 3.63) is 48.4 Å². The van der Waals surface area contributed by atoms with Crippen LogP contribution in [0.1, 0.15) is 12.0 Å². The first kappa shape index (κ1) is 13.4. The summed E-state index contributed by atoms with van der Waals surface area (Å²) in [7, 11) is 0. The number of piperidine rings is 1. The molecule has 4 rings (SSSR count). The summed E-state index contributed by atoms with van der Waals surface area (Å²) >= 11 is 0. The lowest BCUT2D eigenvalue weighted by Gasteiger charge is -2.35.